The number of aliphatic hydroxyl groups excluding tert-OH is 1. The van der Waals surface area contributed by atoms with Crippen LogP contribution in [0.3, 0.4) is 0 Å². The maximum absolute atomic E-state index is 12.3. The molecule has 0 saturated carbocycles. The summed E-state index contributed by atoms with van der Waals surface area (Å²) in [5.41, 5.74) is 0. The van der Waals surface area contributed by atoms with Crippen molar-refractivity contribution in [2.45, 2.75) is 44.7 Å². The van der Waals surface area contributed by atoms with E-state index in [0.29, 0.717) is 5.92 Å². The van der Waals surface area contributed by atoms with Gasteiger partial charge in [0.25, 0.3) is 0 Å². The lowest BCUT2D eigenvalue weighted by atomic mass is 9.97. The van der Waals surface area contributed by atoms with Crippen molar-refractivity contribution >= 4 is 5.91 Å². The number of nitrogens with zero attached hydrogens (tertiary/aromatic N) is 1. The highest BCUT2D eigenvalue weighted by Crippen LogP contribution is 2.22. The third-order valence-corrected chi connectivity index (χ3v) is 3.92. The molecule has 2 aliphatic heterocycles. The summed E-state index contributed by atoms with van der Waals surface area (Å²) in [7, 11) is 0. The van der Waals surface area contributed by atoms with Gasteiger partial charge in [0.1, 0.15) is 0 Å². The summed E-state index contributed by atoms with van der Waals surface area (Å²) in [5.74, 6) is 0.623. The van der Waals surface area contributed by atoms with E-state index in [1.165, 1.54) is 0 Å². The molecule has 3 atom stereocenters. The van der Waals surface area contributed by atoms with E-state index in [-0.39, 0.29) is 24.6 Å². The fraction of sp³-hybridized carbons (Fsp3) is 0.917. The van der Waals surface area contributed by atoms with Gasteiger partial charge >= 0.3 is 0 Å². The fourth-order valence-electron chi connectivity index (χ4n) is 2.82. The van der Waals surface area contributed by atoms with Gasteiger partial charge in [-0.1, -0.05) is 6.92 Å². The maximum atomic E-state index is 12.3. The first-order chi connectivity index (χ1) is 7.74. The fourth-order valence-corrected chi connectivity index (χ4v) is 2.82. The minimum absolute atomic E-state index is 0.0212. The molecule has 2 aliphatic rings. The lowest BCUT2D eigenvalue weighted by molar-refractivity contribution is -0.138. The molecule has 92 valence electrons. The Morgan fingerprint density at radius 1 is 1.44 bits per heavy atom. The van der Waals surface area contributed by atoms with Crippen LogP contribution in [0.5, 0.6) is 0 Å². The molecule has 16 heavy (non-hydrogen) atoms. The summed E-state index contributed by atoms with van der Waals surface area (Å²) in [5, 5.41) is 12.6. The molecule has 2 saturated heterocycles. The van der Waals surface area contributed by atoms with Crippen molar-refractivity contribution in [3.63, 3.8) is 0 Å². The van der Waals surface area contributed by atoms with Crippen LogP contribution in [0.25, 0.3) is 0 Å². The molecule has 4 heteroatoms. The molecule has 2 heterocycles. The first-order valence-corrected chi connectivity index (χ1v) is 6.38. The molecular weight excluding hydrogens is 204 g/mol. The van der Waals surface area contributed by atoms with E-state index < -0.39 is 0 Å². The van der Waals surface area contributed by atoms with Crippen LogP contribution in [-0.2, 0) is 4.79 Å². The predicted molar refractivity (Wildman–Crippen MR) is 62.0 cm³/mol. The van der Waals surface area contributed by atoms with Gasteiger partial charge in [-0.3, -0.25) is 4.79 Å². The lowest BCUT2D eigenvalue weighted by Gasteiger charge is -2.37. The number of aliphatic hydroxyl groups is 1. The second-order valence-corrected chi connectivity index (χ2v) is 5.06. The van der Waals surface area contributed by atoms with Crippen LogP contribution < -0.4 is 5.32 Å². The zero-order chi connectivity index (χ0) is 11.5. The average molecular weight is 226 g/mol. The monoisotopic (exact) mass is 226 g/mol. The first-order valence-electron chi connectivity index (χ1n) is 6.38. The van der Waals surface area contributed by atoms with Crippen LogP contribution in [0, 0.1) is 5.92 Å². The van der Waals surface area contributed by atoms with E-state index in [4.69, 9.17) is 0 Å². The molecule has 0 aliphatic carbocycles. The Morgan fingerprint density at radius 2 is 2.25 bits per heavy atom. The van der Waals surface area contributed by atoms with Gasteiger partial charge in [0.15, 0.2) is 0 Å². The number of carbonyl (C=O) groups is 1. The van der Waals surface area contributed by atoms with Crippen molar-refractivity contribution in [3.8, 4) is 0 Å². The molecular formula is C12H22N2O2. The number of rotatable bonds is 2. The molecule has 0 bridgehead atoms. The molecule has 3 unspecified atom stereocenters. The van der Waals surface area contributed by atoms with E-state index in [1.807, 2.05) is 4.90 Å². The number of nitrogens with one attached hydrogen (secondary N) is 1. The van der Waals surface area contributed by atoms with Gasteiger partial charge in [0.2, 0.25) is 5.91 Å². The SMILES string of the molecule is CC1CCNC1C(=O)N1CCCCC1CO. The summed E-state index contributed by atoms with van der Waals surface area (Å²) < 4.78 is 0. The van der Waals surface area contributed by atoms with E-state index in [2.05, 4.69) is 12.2 Å². The van der Waals surface area contributed by atoms with Crippen molar-refractivity contribution in [2.75, 3.05) is 19.7 Å². The van der Waals surface area contributed by atoms with Crippen molar-refractivity contribution < 1.29 is 9.90 Å². The standard InChI is InChI=1S/C12H22N2O2/c1-9-5-6-13-11(9)12(16)14-7-3-2-4-10(14)8-15/h9-11,13,15H,2-8H2,1H3. The van der Waals surface area contributed by atoms with Crippen molar-refractivity contribution in [1.82, 2.24) is 10.2 Å². The van der Waals surface area contributed by atoms with Crippen molar-refractivity contribution in [2.24, 2.45) is 5.92 Å². The van der Waals surface area contributed by atoms with Crippen LogP contribution in [0.2, 0.25) is 0 Å². The zero-order valence-corrected chi connectivity index (χ0v) is 9.98. The number of likely N-dealkylation sites (tertiary alicyclic amines) is 1. The summed E-state index contributed by atoms with van der Waals surface area (Å²) in [6.07, 6.45) is 4.23. The summed E-state index contributed by atoms with van der Waals surface area (Å²) in [4.78, 5) is 14.2. The second kappa shape index (κ2) is 5.15. The third kappa shape index (κ3) is 2.23. The van der Waals surface area contributed by atoms with E-state index in [0.717, 1.165) is 38.8 Å². The van der Waals surface area contributed by atoms with Crippen molar-refractivity contribution in [3.05, 3.63) is 0 Å². The number of hydrogen-bond donors (Lipinski definition) is 2. The quantitative estimate of drug-likeness (QED) is 0.715. The number of carbonyl (C=O) groups excluding carboxylic acids is 1. The summed E-state index contributed by atoms with van der Waals surface area (Å²) in [6, 6.07) is 0.0306. The molecule has 2 N–H and O–H groups in total. The number of amides is 1. The minimum Gasteiger partial charge on any atom is -0.394 e. The Balaban J connectivity index is 2.01. The Kier molecular flexibility index (Phi) is 3.82. The Labute approximate surface area is 97.0 Å². The Bertz CT molecular complexity index is 257. The van der Waals surface area contributed by atoms with Gasteiger partial charge in [-0.05, 0) is 38.1 Å². The molecule has 0 spiro atoms. The van der Waals surface area contributed by atoms with Crippen LogP contribution in [0.1, 0.15) is 32.6 Å². The predicted octanol–water partition coefficient (Wildman–Crippen LogP) is 0.358. The molecule has 2 rings (SSSR count). The first kappa shape index (κ1) is 11.9. The summed E-state index contributed by atoms with van der Waals surface area (Å²) in [6.45, 7) is 3.98. The minimum atomic E-state index is -0.0212. The van der Waals surface area contributed by atoms with Crippen LogP contribution >= 0.6 is 0 Å². The topological polar surface area (TPSA) is 52.6 Å². The number of piperidine rings is 1. The molecule has 2 fully saturated rings. The average Bonchev–Trinajstić information content (AvgIpc) is 2.74. The van der Waals surface area contributed by atoms with E-state index in [1.54, 1.807) is 0 Å². The lowest BCUT2D eigenvalue weighted by Crippen LogP contribution is -2.53. The van der Waals surface area contributed by atoms with Crippen LogP contribution in [0.4, 0.5) is 0 Å². The molecule has 0 aromatic rings. The molecule has 1 amide bonds. The van der Waals surface area contributed by atoms with Crippen LogP contribution in [0.15, 0.2) is 0 Å². The molecule has 0 aromatic carbocycles. The molecule has 0 radical (unpaired) electrons. The second-order valence-electron chi connectivity index (χ2n) is 5.06. The Morgan fingerprint density at radius 3 is 2.88 bits per heavy atom. The normalized spacial score (nSPS) is 35.4. The van der Waals surface area contributed by atoms with Gasteiger partial charge in [-0.15, -0.1) is 0 Å². The highest BCUT2D eigenvalue weighted by molar-refractivity contribution is 5.83. The molecule has 4 nitrogen and oxygen atoms in total. The largest absolute Gasteiger partial charge is 0.394 e. The highest BCUT2D eigenvalue weighted by Gasteiger charge is 2.35. The van der Waals surface area contributed by atoms with E-state index in [9.17, 15) is 9.90 Å². The molecule has 0 aromatic heterocycles. The van der Waals surface area contributed by atoms with Gasteiger partial charge in [-0.25, -0.2) is 0 Å². The number of hydrogen-bond acceptors (Lipinski definition) is 3. The smallest absolute Gasteiger partial charge is 0.240 e. The van der Waals surface area contributed by atoms with Crippen molar-refractivity contribution in [1.29, 1.82) is 0 Å². The van der Waals surface area contributed by atoms with Crippen LogP contribution in [-0.4, -0.2) is 47.7 Å². The summed E-state index contributed by atoms with van der Waals surface area (Å²) >= 11 is 0. The zero-order valence-electron chi connectivity index (χ0n) is 9.98. The van der Waals surface area contributed by atoms with Gasteiger partial charge in [0.05, 0.1) is 18.7 Å². The van der Waals surface area contributed by atoms with Gasteiger partial charge in [-0.2, -0.15) is 0 Å². The maximum Gasteiger partial charge on any atom is 0.240 e. The Hall–Kier alpha value is -0.610. The third-order valence-electron chi connectivity index (χ3n) is 3.92. The van der Waals surface area contributed by atoms with Gasteiger partial charge in [0, 0.05) is 6.54 Å². The highest BCUT2D eigenvalue weighted by atomic mass is 16.3. The van der Waals surface area contributed by atoms with E-state index >= 15 is 0 Å². The van der Waals surface area contributed by atoms with Gasteiger partial charge < -0.3 is 15.3 Å².